The molecule has 0 amide bonds. The normalized spacial score (nSPS) is 28.5. The summed E-state index contributed by atoms with van der Waals surface area (Å²) in [5.41, 5.74) is 1.84. The van der Waals surface area contributed by atoms with Crippen LogP contribution in [0.15, 0.2) is 0 Å². The molecule has 2 fully saturated rings. The number of rotatable bonds is 10. The number of hydrogen-bond donors (Lipinski definition) is 0. The van der Waals surface area contributed by atoms with Crippen molar-refractivity contribution in [2.24, 2.45) is 5.92 Å². The smallest absolute Gasteiger partial charge is 0.200 e. The summed E-state index contributed by atoms with van der Waals surface area (Å²) in [6, 6.07) is 0. The van der Waals surface area contributed by atoms with Crippen molar-refractivity contribution in [2.45, 2.75) is 154 Å². The van der Waals surface area contributed by atoms with Gasteiger partial charge in [0.05, 0.1) is 18.8 Å². The monoisotopic (exact) mass is 500 g/mol. The minimum atomic E-state index is -1.85. The first-order valence-corrected chi connectivity index (χ1v) is 18.7. The quantitative estimate of drug-likeness (QED) is 0.283. The Kier molecular flexibility index (Phi) is 9.94. The molecule has 0 bridgehead atoms. The lowest BCUT2D eigenvalue weighted by molar-refractivity contribution is -0.280. The van der Waals surface area contributed by atoms with E-state index in [-0.39, 0.29) is 17.2 Å². The molecule has 6 heteroatoms. The topological polar surface area (TPSA) is 36.9 Å². The van der Waals surface area contributed by atoms with Crippen LogP contribution in [0.5, 0.6) is 0 Å². The van der Waals surface area contributed by atoms with Gasteiger partial charge in [-0.15, -0.1) is 0 Å². The van der Waals surface area contributed by atoms with Gasteiger partial charge in [0.15, 0.2) is 22.4 Å². The zero-order valence-corrected chi connectivity index (χ0v) is 26.0. The van der Waals surface area contributed by atoms with E-state index < -0.39 is 22.4 Å². The van der Waals surface area contributed by atoms with Crippen LogP contribution in [0.25, 0.3) is 0 Å². The lowest BCUT2D eigenvalue weighted by Gasteiger charge is -2.45. The molecule has 0 N–H and O–H groups in total. The fourth-order valence-corrected chi connectivity index (χ4v) is 12.5. The van der Waals surface area contributed by atoms with Crippen molar-refractivity contribution in [3.8, 4) is 0 Å². The Morgan fingerprint density at radius 2 is 1.42 bits per heavy atom. The third-order valence-electron chi connectivity index (χ3n) is 9.02. The molecule has 2 rings (SSSR count). The van der Waals surface area contributed by atoms with Gasteiger partial charge in [-0.2, -0.15) is 0 Å². The van der Waals surface area contributed by atoms with Crippen molar-refractivity contribution in [3.63, 3.8) is 0 Å². The molecular weight excluding hydrogens is 444 g/mol. The molecule has 33 heavy (non-hydrogen) atoms. The van der Waals surface area contributed by atoms with Gasteiger partial charge in [0.2, 0.25) is 0 Å². The van der Waals surface area contributed by atoms with Crippen LogP contribution in [0.1, 0.15) is 101 Å². The van der Waals surface area contributed by atoms with Crippen LogP contribution >= 0.6 is 0 Å². The van der Waals surface area contributed by atoms with E-state index in [1.165, 1.54) is 6.42 Å². The second-order valence-electron chi connectivity index (χ2n) is 13.4. The summed E-state index contributed by atoms with van der Waals surface area (Å²) in [4.78, 5) is 0. The van der Waals surface area contributed by atoms with Gasteiger partial charge in [-0.3, -0.25) is 0 Å². The van der Waals surface area contributed by atoms with Gasteiger partial charge in [-0.25, -0.2) is 0 Å². The second kappa shape index (κ2) is 11.1. The summed E-state index contributed by atoms with van der Waals surface area (Å²) in [6.45, 7) is 29.5. The highest BCUT2D eigenvalue weighted by molar-refractivity contribution is 6.77. The van der Waals surface area contributed by atoms with Crippen LogP contribution in [0, 0.1) is 5.92 Å². The lowest BCUT2D eigenvalue weighted by Crippen LogP contribution is -2.50. The van der Waals surface area contributed by atoms with Crippen LogP contribution in [-0.2, 0) is 18.3 Å². The molecule has 2 saturated heterocycles. The maximum Gasteiger partial charge on any atom is 0.200 e. The Bertz CT molecular complexity index is 592. The molecule has 0 aromatic rings. The van der Waals surface area contributed by atoms with E-state index in [1.807, 2.05) is 0 Å². The number of ether oxygens (including phenoxy) is 2. The predicted octanol–water partition coefficient (Wildman–Crippen LogP) is 8.28. The third kappa shape index (κ3) is 6.73. The molecule has 4 atom stereocenters. The summed E-state index contributed by atoms with van der Waals surface area (Å²) < 4.78 is 26.7. The van der Waals surface area contributed by atoms with E-state index in [0.29, 0.717) is 29.1 Å². The highest BCUT2D eigenvalue weighted by Gasteiger charge is 2.48. The molecule has 2 aliphatic heterocycles. The van der Waals surface area contributed by atoms with E-state index in [9.17, 15) is 0 Å². The SMILES string of the molecule is CC(C)[Si](OC[C@H](C)[C@@H]1CCC[C@@]2(CC[C@@H](CO[Si](C)(C)C(C)(C)C)O2)O1)(C(C)C)C(C)C. The van der Waals surface area contributed by atoms with Gasteiger partial charge < -0.3 is 18.3 Å². The van der Waals surface area contributed by atoms with Crippen molar-refractivity contribution in [1.82, 2.24) is 0 Å². The molecular formula is C27H56O4Si2. The zero-order chi connectivity index (χ0) is 25.2. The fourth-order valence-electron chi connectivity index (χ4n) is 5.96. The third-order valence-corrected chi connectivity index (χ3v) is 19.6. The molecule has 0 aromatic heterocycles. The Labute approximate surface area is 208 Å². The minimum Gasteiger partial charge on any atom is -0.416 e. The summed E-state index contributed by atoms with van der Waals surface area (Å²) in [7, 11) is -3.60. The predicted molar refractivity (Wildman–Crippen MR) is 145 cm³/mol. The van der Waals surface area contributed by atoms with Crippen LogP contribution < -0.4 is 0 Å². The highest BCUT2D eigenvalue weighted by Crippen LogP contribution is 2.45. The molecule has 0 aliphatic carbocycles. The molecule has 1 spiro atoms. The Balaban J connectivity index is 1.96. The Morgan fingerprint density at radius 1 is 0.848 bits per heavy atom. The van der Waals surface area contributed by atoms with E-state index in [2.05, 4.69) is 82.3 Å². The molecule has 2 heterocycles. The standard InChI is InChI=1S/C27H56O4Si2/c1-20(2)33(21(3)4,22(5)6)29-18-23(7)25-14-13-16-27(31-25)17-15-24(30-27)19-28-32(11,12)26(8,9)10/h20-25H,13-19H2,1-12H3/t23-,24-,25-,27-/m0/s1. The fraction of sp³-hybridized carbons (Fsp3) is 1.00. The van der Waals surface area contributed by atoms with E-state index in [4.69, 9.17) is 18.3 Å². The zero-order valence-electron chi connectivity index (χ0n) is 24.0. The first-order chi connectivity index (χ1) is 15.1. The van der Waals surface area contributed by atoms with Crippen LogP contribution in [-0.4, -0.2) is 47.8 Å². The van der Waals surface area contributed by atoms with Gasteiger partial charge in [0, 0.05) is 25.4 Å². The molecule has 0 unspecified atom stereocenters. The largest absolute Gasteiger partial charge is 0.416 e. The summed E-state index contributed by atoms with van der Waals surface area (Å²) >= 11 is 0. The highest BCUT2D eigenvalue weighted by atomic mass is 28.4. The maximum absolute atomic E-state index is 6.91. The van der Waals surface area contributed by atoms with Crippen molar-refractivity contribution in [3.05, 3.63) is 0 Å². The second-order valence-corrected chi connectivity index (χ2v) is 23.7. The Morgan fingerprint density at radius 3 is 1.94 bits per heavy atom. The molecule has 4 nitrogen and oxygen atoms in total. The van der Waals surface area contributed by atoms with Crippen LogP contribution in [0.3, 0.4) is 0 Å². The van der Waals surface area contributed by atoms with Gasteiger partial charge in [-0.1, -0.05) is 69.2 Å². The van der Waals surface area contributed by atoms with Gasteiger partial charge in [0.1, 0.15) is 0 Å². The summed E-state index contributed by atoms with van der Waals surface area (Å²) in [5.74, 6) is -0.0159. The maximum atomic E-state index is 6.91. The minimum absolute atomic E-state index is 0.160. The Hall–Kier alpha value is 0.274. The molecule has 196 valence electrons. The van der Waals surface area contributed by atoms with Crippen molar-refractivity contribution < 1.29 is 18.3 Å². The van der Waals surface area contributed by atoms with Gasteiger partial charge in [-0.05, 0) is 54.0 Å². The summed E-state index contributed by atoms with van der Waals surface area (Å²) in [5, 5.41) is 0.228. The van der Waals surface area contributed by atoms with Crippen molar-refractivity contribution >= 4 is 16.6 Å². The molecule has 0 radical (unpaired) electrons. The molecule has 0 aromatic carbocycles. The van der Waals surface area contributed by atoms with Gasteiger partial charge >= 0.3 is 0 Å². The van der Waals surface area contributed by atoms with Crippen LogP contribution in [0.2, 0.25) is 34.8 Å². The van der Waals surface area contributed by atoms with E-state index >= 15 is 0 Å². The van der Waals surface area contributed by atoms with Crippen molar-refractivity contribution in [2.75, 3.05) is 13.2 Å². The lowest BCUT2D eigenvalue weighted by atomic mass is 9.93. The molecule has 0 saturated carbocycles. The number of hydrogen-bond acceptors (Lipinski definition) is 4. The van der Waals surface area contributed by atoms with Crippen molar-refractivity contribution in [1.29, 1.82) is 0 Å². The first kappa shape index (κ1) is 29.5. The van der Waals surface area contributed by atoms with Crippen LogP contribution in [0.4, 0.5) is 0 Å². The average Bonchev–Trinajstić information content (AvgIpc) is 3.07. The van der Waals surface area contributed by atoms with E-state index in [1.54, 1.807) is 0 Å². The first-order valence-electron chi connectivity index (χ1n) is 13.7. The van der Waals surface area contributed by atoms with Gasteiger partial charge in [0.25, 0.3) is 0 Å². The summed E-state index contributed by atoms with van der Waals surface area (Å²) in [6.07, 6.45) is 5.70. The van der Waals surface area contributed by atoms with E-state index in [0.717, 1.165) is 32.3 Å². The average molecular weight is 501 g/mol. The molecule has 2 aliphatic rings.